The fourth-order valence-electron chi connectivity index (χ4n) is 4.42. The van der Waals surface area contributed by atoms with Crippen molar-refractivity contribution in [2.24, 2.45) is 11.8 Å². The topological polar surface area (TPSA) is 69.7 Å². The lowest BCUT2D eigenvalue weighted by molar-refractivity contribution is -0.134. The number of likely N-dealkylation sites (tertiary alicyclic amines) is 1. The first-order chi connectivity index (χ1) is 14.0. The zero-order valence-corrected chi connectivity index (χ0v) is 17.2. The number of aryl methyl sites for hydroxylation is 1. The highest BCUT2D eigenvalue weighted by atomic mass is 16.2. The standard InChI is InChI=1S/C23H31N3O3/c1-2-3-16-4-8-20(9-5-16)26-15-18(14-21(26)27)22(28)24-19-10-12-25(13-11-19)23(29)17-6-7-17/h4-5,8-9,17-19H,2-3,6-7,10-15H2,1H3,(H,24,28). The van der Waals surface area contributed by atoms with Crippen LogP contribution >= 0.6 is 0 Å². The molecular formula is C23H31N3O3. The number of carbonyl (C=O) groups excluding carboxylic acids is 3. The zero-order valence-electron chi connectivity index (χ0n) is 17.2. The largest absolute Gasteiger partial charge is 0.353 e. The first-order valence-corrected chi connectivity index (χ1v) is 11.0. The van der Waals surface area contributed by atoms with Crippen molar-refractivity contribution >= 4 is 23.4 Å². The molecule has 6 nitrogen and oxygen atoms in total. The Labute approximate surface area is 172 Å². The van der Waals surface area contributed by atoms with Gasteiger partial charge in [0, 0.05) is 43.7 Å². The van der Waals surface area contributed by atoms with Crippen molar-refractivity contribution < 1.29 is 14.4 Å². The molecule has 1 saturated carbocycles. The SMILES string of the molecule is CCCc1ccc(N2CC(C(=O)NC3CCN(C(=O)C4CC4)CC3)CC2=O)cc1. The van der Waals surface area contributed by atoms with Gasteiger partial charge in [0.25, 0.3) is 0 Å². The van der Waals surface area contributed by atoms with Crippen molar-refractivity contribution in [3.63, 3.8) is 0 Å². The van der Waals surface area contributed by atoms with Crippen LogP contribution in [0.1, 0.15) is 51.0 Å². The minimum Gasteiger partial charge on any atom is -0.353 e. The Kier molecular flexibility index (Phi) is 5.88. The van der Waals surface area contributed by atoms with Crippen LogP contribution in [0.15, 0.2) is 24.3 Å². The molecule has 3 fully saturated rings. The van der Waals surface area contributed by atoms with Gasteiger partial charge >= 0.3 is 0 Å². The average molecular weight is 398 g/mol. The summed E-state index contributed by atoms with van der Waals surface area (Å²) >= 11 is 0. The molecule has 3 amide bonds. The number of hydrogen-bond acceptors (Lipinski definition) is 3. The van der Waals surface area contributed by atoms with Crippen molar-refractivity contribution in [2.45, 2.75) is 57.9 Å². The van der Waals surface area contributed by atoms with Crippen LogP contribution < -0.4 is 10.2 Å². The van der Waals surface area contributed by atoms with Gasteiger partial charge in [-0.15, -0.1) is 0 Å². The Morgan fingerprint density at radius 1 is 1.03 bits per heavy atom. The molecule has 1 aromatic rings. The minimum atomic E-state index is -0.302. The van der Waals surface area contributed by atoms with Crippen LogP contribution in [0, 0.1) is 11.8 Å². The second-order valence-corrected chi connectivity index (χ2v) is 8.70. The van der Waals surface area contributed by atoms with Gasteiger partial charge in [0.05, 0.1) is 5.92 Å². The second-order valence-electron chi connectivity index (χ2n) is 8.70. The van der Waals surface area contributed by atoms with Crippen LogP contribution in [0.3, 0.4) is 0 Å². The van der Waals surface area contributed by atoms with E-state index in [1.807, 2.05) is 17.0 Å². The fourth-order valence-corrected chi connectivity index (χ4v) is 4.42. The van der Waals surface area contributed by atoms with Gasteiger partial charge < -0.3 is 15.1 Å². The lowest BCUT2D eigenvalue weighted by Crippen LogP contribution is -2.48. The quantitative estimate of drug-likeness (QED) is 0.802. The summed E-state index contributed by atoms with van der Waals surface area (Å²) in [6.07, 6.45) is 6.05. The van der Waals surface area contributed by atoms with Crippen LogP contribution in [0.2, 0.25) is 0 Å². The Bertz CT molecular complexity index is 764. The van der Waals surface area contributed by atoms with Gasteiger partial charge in [0.15, 0.2) is 0 Å². The lowest BCUT2D eigenvalue weighted by Gasteiger charge is -2.33. The number of hydrogen-bond donors (Lipinski definition) is 1. The molecule has 3 aliphatic rings. The van der Waals surface area contributed by atoms with E-state index >= 15 is 0 Å². The summed E-state index contributed by atoms with van der Waals surface area (Å²) in [5.74, 6) is 0.224. The van der Waals surface area contributed by atoms with E-state index in [-0.39, 0.29) is 42.0 Å². The molecule has 4 rings (SSSR count). The summed E-state index contributed by atoms with van der Waals surface area (Å²) in [4.78, 5) is 41.1. The van der Waals surface area contributed by atoms with Crippen LogP contribution in [-0.4, -0.2) is 48.3 Å². The van der Waals surface area contributed by atoms with Crippen LogP contribution in [0.5, 0.6) is 0 Å². The third kappa shape index (κ3) is 4.62. The van der Waals surface area contributed by atoms with Crippen LogP contribution in [0.25, 0.3) is 0 Å². The minimum absolute atomic E-state index is 0.0123. The van der Waals surface area contributed by atoms with E-state index in [9.17, 15) is 14.4 Å². The Hall–Kier alpha value is -2.37. The van der Waals surface area contributed by atoms with Gasteiger partial charge in [0.1, 0.15) is 0 Å². The number of nitrogens with one attached hydrogen (secondary N) is 1. The fraction of sp³-hybridized carbons (Fsp3) is 0.609. The van der Waals surface area contributed by atoms with E-state index in [0.29, 0.717) is 6.54 Å². The molecule has 6 heteroatoms. The molecule has 0 aromatic heterocycles. The van der Waals surface area contributed by atoms with Gasteiger partial charge in [-0.05, 0) is 49.8 Å². The second kappa shape index (κ2) is 8.56. The molecule has 0 radical (unpaired) electrons. The number of nitrogens with zero attached hydrogens (tertiary/aromatic N) is 2. The number of amides is 3. The van der Waals surface area contributed by atoms with Crippen molar-refractivity contribution in [3.8, 4) is 0 Å². The summed E-state index contributed by atoms with van der Waals surface area (Å²) in [5, 5.41) is 3.13. The van der Waals surface area contributed by atoms with Gasteiger partial charge in [-0.1, -0.05) is 25.5 Å². The third-order valence-corrected chi connectivity index (χ3v) is 6.36. The Morgan fingerprint density at radius 3 is 2.34 bits per heavy atom. The van der Waals surface area contributed by atoms with E-state index in [4.69, 9.17) is 0 Å². The molecule has 1 aliphatic carbocycles. The van der Waals surface area contributed by atoms with Gasteiger partial charge in [0.2, 0.25) is 17.7 Å². The summed E-state index contributed by atoms with van der Waals surface area (Å²) in [6, 6.07) is 8.20. The van der Waals surface area contributed by atoms with Gasteiger partial charge in [-0.25, -0.2) is 0 Å². The maximum absolute atomic E-state index is 12.7. The summed E-state index contributed by atoms with van der Waals surface area (Å²) in [6.45, 7) is 4.03. The monoisotopic (exact) mass is 397 g/mol. The van der Waals surface area contributed by atoms with Crippen molar-refractivity contribution in [1.82, 2.24) is 10.2 Å². The summed E-state index contributed by atoms with van der Waals surface area (Å²) in [5.41, 5.74) is 2.14. The number of rotatable bonds is 6. The molecule has 2 heterocycles. The molecule has 29 heavy (non-hydrogen) atoms. The van der Waals surface area contributed by atoms with Crippen LogP contribution in [-0.2, 0) is 20.8 Å². The van der Waals surface area contributed by atoms with E-state index in [0.717, 1.165) is 57.3 Å². The highest BCUT2D eigenvalue weighted by Gasteiger charge is 2.37. The molecule has 1 atom stereocenters. The maximum atomic E-state index is 12.7. The molecule has 1 aromatic carbocycles. The first-order valence-electron chi connectivity index (χ1n) is 11.0. The number of benzene rings is 1. The predicted molar refractivity (Wildman–Crippen MR) is 111 cm³/mol. The average Bonchev–Trinajstić information content (AvgIpc) is 3.51. The Morgan fingerprint density at radius 2 is 1.72 bits per heavy atom. The van der Waals surface area contributed by atoms with E-state index in [1.54, 1.807) is 4.90 Å². The smallest absolute Gasteiger partial charge is 0.227 e. The van der Waals surface area contributed by atoms with Crippen molar-refractivity contribution in [1.29, 1.82) is 0 Å². The number of piperidine rings is 1. The molecule has 156 valence electrons. The molecule has 0 spiro atoms. The van der Waals surface area contributed by atoms with E-state index in [2.05, 4.69) is 24.4 Å². The molecule has 0 bridgehead atoms. The number of carbonyl (C=O) groups is 3. The van der Waals surface area contributed by atoms with Gasteiger partial charge in [-0.2, -0.15) is 0 Å². The highest BCUT2D eigenvalue weighted by molar-refractivity contribution is 6.00. The number of anilines is 1. The maximum Gasteiger partial charge on any atom is 0.227 e. The zero-order chi connectivity index (χ0) is 20.4. The molecular weight excluding hydrogens is 366 g/mol. The van der Waals surface area contributed by atoms with Gasteiger partial charge in [-0.3, -0.25) is 14.4 Å². The lowest BCUT2D eigenvalue weighted by atomic mass is 10.0. The third-order valence-electron chi connectivity index (χ3n) is 6.36. The molecule has 2 saturated heterocycles. The Balaban J connectivity index is 1.27. The predicted octanol–water partition coefficient (Wildman–Crippen LogP) is 2.51. The van der Waals surface area contributed by atoms with Crippen molar-refractivity contribution in [3.05, 3.63) is 29.8 Å². The highest BCUT2D eigenvalue weighted by Crippen LogP contribution is 2.32. The summed E-state index contributed by atoms with van der Waals surface area (Å²) < 4.78 is 0. The summed E-state index contributed by atoms with van der Waals surface area (Å²) in [7, 11) is 0. The van der Waals surface area contributed by atoms with E-state index in [1.165, 1.54) is 5.56 Å². The molecule has 1 unspecified atom stereocenters. The molecule has 1 N–H and O–H groups in total. The van der Waals surface area contributed by atoms with E-state index < -0.39 is 0 Å². The normalized spacial score (nSPS) is 22.8. The first kappa shape index (κ1) is 19.9. The van der Waals surface area contributed by atoms with Crippen molar-refractivity contribution in [2.75, 3.05) is 24.5 Å². The van der Waals surface area contributed by atoms with Crippen LogP contribution in [0.4, 0.5) is 5.69 Å². The molecule has 2 aliphatic heterocycles.